The molecule has 0 saturated heterocycles. The molecule has 2 aromatic carbocycles. The summed E-state index contributed by atoms with van der Waals surface area (Å²) in [4.78, 5) is 31.6. The number of methoxy groups -OCH3 is 3. The summed E-state index contributed by atoms with van der Waals surface area (Å²) in [5.41, 5.74) is 2.00. The lowest BCUT2D eigenvalue weighted by molar-refractivity contribution is -0.136. The number of rotatable bonds is 8. The molecule has 0 bridgehead atoms. The van der Waals surface area contributed by atoms with Crippen LogP contribution in [0.15, 0.2) is 76.2 Å². The van der Waals surface area contributed by atoms with Crippen molar-refractivity contribution in [2.24, 2.45) is 4.99 Å². The van der Waals surface area contributed by atoms with Gasteiger partial charge in [-0.25, -0.2) is 9.79 Å². The Balaban J connectivity index is 1.88. The van der Waals surface area contributed by atoms with Crippen LogP contribution in [0, 0.1) is 0 Å². The fourth-order valence-electron chi connectivity index (χ4n) is 4.00. The van der Waals surface area contributed by atoms with Crippen LogP contribution in [0.3, 0.4) is 0 Å². The van der Waals surface area contributed by atoms with E-state index in [0.29, 0.717) is 44.4 Å². The van der Waals surface area contributed by atoms with Gasteiger partial charge < -0.3 is 18.9 Å². The third kappa shape index (κ3) is 4.70. The molecule has 1 aliphatic heterocycles. The van der Waals surface area contributed by atoms with Crippen molar-refractivity contribution < 1.29 is 23.7 Å². The maximum absolute atomic E-state index is 13.7. The lowest BCUT2D eigenvalue weighted by Gasteiger charge is -2.25. The molecule has 0 N–H and O–H groups in total. The van der Waals surface area contributed by atoms with Gasteiger partial charge >= 0.3 is 5.97 Å². The van der Waals surface area contributed by atoms with E-state index >= 15 is 0 Å². The van der Waals surface area contributed by atoms with E-state index in [9.17, 15) is 9.59 Å². The smallest absolute Gasteiger partial charge is 0.338 e. The molecule has 186 valence electrons. The van der Waals surface area contributed by atoms with Crippen molar-refractivity contribution in [3.05, 3.63) is 97.2 Å². The maximum Gasteiger partial charge on any atom is 0.338 e. The first-order chi connectivity index (χ1) is 17.4. The monoisotopic (exact) mass is 506 g/mol. The summed E-state index contributed by atoms with van der Waals surface area (Å²) >= 11 is 1.26. The van der Waals surface area contributed by atoms with Crippen LogP contribution in [0.4, 0.5) is 0 Å². The standard InChI is InChI=1S/C27H26N2O6S/c1-6-13-35-19-10-7-17(8-11-19)14-22-25(30)29-24(18-9-12-20(32-3)21(15-18)33-4)23(26(31)34-5)16(2)28-27(29)36-22/h6-12,14-15,24H,1,13H2,2-5H3/b22-14+. The minimum atomic E-state index is -0.745. The van der Waals surface area contributed by atoms with E-state index in [1.165, 1.54) is 30.1 Å². The van der Waals surface area contributed by atoms with Crippen LogP contribution >= 0.6 is 11.3 Å². The van der Waals surface area contributed by atoms with Crippen molar-refractivity contribution in [2.75, 3.05) is 27.9 Å². The molecule has 2 heterocycles. The van der Waals surface area contributed by atoms with E-state index in [-0.39, 0.29) is 11.1 Å². The number of carbonyl (C=O) groups excluding carboxylic acids is 1. The molecule has 1 unspecified atom stereocenters. The Labute approximate surface area is 212 Å². The zero-order valence-corrected chi connectivity index (χ0v) is 21.3. The van der Waals surface area contributed by atoms with Crippen LogP contribution < -0.4 is 29.1 Å². The third-order valence-electron chi connectivity index (χ3n) is 5.70. The Morgan fingerprint density at radius 1 is 1.11 bits per heavy atom. The normalized spacial score (nSPS) is 15.1. The molecule has 1 atom stereocenters. The van der Waals surface area contributed by atoms with E-state index in [0.717, 1.165) is 5.56 Å². The number of aromatic nitrogens is 1. The van der Waals surface area contributed by atoms with Crippen LogP contribution in [0.2, 0.25) is 0 Å². The number of esters is 1. The second kappa shape index (κ2) is 10.7. The van der Waals surface area contributed by atoms with E-state index in [4.69, 9.17) is 18.9 Å². The Bertz CT molecular complexity index is 1520. The fourth-order valence-corrected chi connectivity index (χ4v) is 5.04. The topological polar surface area (TPSA) is 88.3 Å². The highest BCUT2D eigenvalue weighted by atomic mass is 32.1. The number of benzene rings is 2. The molecule has 0 radical (unpaired) electrons. The Morgan fingerprint density at radius 2 is 1.83 bits per heavy atom. The van der Waals surface area contributed by atoms with Gasteiger partial charge in [-0.2, -0.15) is 0 Å². The van der Waals surface area contributed by atoms with Crippen molar-refractivity contribution in [1.82, 2.24) is 4.57 Å². The van der Waals surface area contributed by atoms with Gasteiger partial charge in [0.25, 0.3) is 5.56 Å². The molecule has 1 aliphatic rings. The summed E-state index contributed by atoms with van der Waals surface area (Å²) in [5, 5.41) is 0. The first-order valence-electron chi connectivity index (χ1n) is 11.1. The number of fused-ring (bicyclic) bond motifs is 1. The van der Waals surface area contributed by atoms with Gasteiger partial charge in [0.05, 0.1) is 43.2 Å². The van der Waals surface area contributed by atoms with Crippen LogP contribution in [-0.4, -0.2) is 38.5 Å². The molecule has 0 amide bonds. The van der Waals surface area contributed by atoms with Crippen molar-refractivity contribution in [3.63, 3.8) is 0 Å². The van der Waals surface area contributed by atoms with Gasteiger partial charge in [0.1, 0.15) is 12.4 Å². The molecule has 36 heavy (non-hydrogen) atoms. The van der Waals surface area contributed by atoms with Gasteiger partial charge in [0.15, 0.2) is 16.3 Å². The zero-order chi connectivity index (χ0) is 25.8. The molecule has 0 fully saturated rings. The molecule has 8 nitrogen and oxygen atoms in total. The van der Waals surface area contributed by atoms with Crippen LogP contribution in [0.25, 0.3) is 6.08 Å². The van der Waals surface area contributed by atoms with E-state index in [1.807, 2.05) is 24.3 Å². The number of allylic oxidation sites excluding steroid dienone is 1. The average Bonchev–Trinajstić information content (AvgIpc) is 3.20. The number of hydrogen-bond donors (Lipinski definition) is 0. The minimum Gasteiger partial charge on any atom is -0.493 e. The highest BCUT2D eigenvalue weighted by Crippen LogP contribution is 2.35. The zero-order valence-electron chi connectivity index (χ0n) is 20.4. The predicted molar refractivity (Wildman–Crippen MR) is 137 cm³/mol. The average molecular weight is 507 g/mol. The molecule has 9 heteroatoms. The van der Waals surface area contributed by atoms with Crippen molar-refractivity contribution in [2.45, 2.75) is 13.0 Å². The number of thiazole rings is 1. The van der Waals surface area contributed by atoms with Crippen LogP contribution in [0.1, 0.15) is 24.1 Å². The van der Waals surface area contributed by atoms with Gasteiger partial charge in [0.2, 0.25) is 0 Å². The van der Waals surface area contributed by atoms with Gasteiger partial charge in [-0.1, -0.05) is 42.2 Å². The van der Waals surface area contributed by atoms with E-state index in [1.54, 1.807) is 44.4 Å². The van der Waals surface area contributed by atoms with Gasteiger partial charge in [0, 0.05) is 0 Å². The fraction of sp³-hybridized carbons (Fsp3) is 0.222. The Kier molecular flexibility index (Phi) is 7.40. The van der Waals surface area contributed by atoms with Gasteiger partial charge in [-0.05, 0) is 48.4 Å². The summed E-state index contributed by atoms with van der Waals surface area (Å²) in [5.74, 6) is 1.17. The molecular formula is C27H26N2O6S. The highest BCUT2D eigenvalue weighted by Gasteiger charge is 2.33. The molecular weight excluding hydrogens is 480 g/mol. The third-order valence-corrected chi connectivity index (χ3v) is 6.68. The Hall–Kier alpha value is -4.11. The van der Waals surface area contributed by atoms with Gasteiger partial charge in [-0.3, -0.25) is 9.36 Å². The largest absolute Gasteiger partial charge is 0.493 e. The van der Waals surface area contributed by atoms with Gasteiger partial charge in [-0.15, -0.1) is 0 Å². The summed E-state index contributed by atoms with van der Waals surface area (Å²) < 4.78 is 23.4. The Morgan fingerprint density at radius 3 is 2.47 bits per heavy atom. The number of carbonyl (C=O) groups is 1. The first-order valence-corrected chi connectivity index (χ1v) is 11.9. The number of ether oxygens (including phenoxy) is 4. The summed E-state index contributed by atoms with van der Waals surface area (Å²) in [6.45, 7) is 5.79. The molecule has 0 spiro atoms. The summed E-state index contributed by atoms with van der Waals surface area (Å²) in [6.07, 6.45) is 3.47. The van der Waals surface area contributed by atoms with Crippen molar-refractivity contribution in [3.8, 4) is 17.2 Å². The molecule has 0 saturated carbocycles. The van der Waals surface area contributed by atoms with E-state index < -0.39 is 12.0 Å². The summed E-state index contributed by atoms with van der Waals surface area (Å²) in [6, 6.07) is 11.9. The summed E-state index contributed by atoms with van der Waals surface area (Å²) in [7, 11) is 4.38. The second-order valence-corrected chi connectivity index (χ2v) is 8.87. The molecule has 3 aromatic rings. The highest BCUT2D eigenvalue weighted by molar-refractivity contribution is 7.07. The van der Waals surface area contributed by atoms with Crippen molar-refractivity contribution >= 4 is 23.4 Å². The number of hydrogen-bond acceptors (Lipinski definition) is 8. The lowest BCUT2D eigenvalue weighted by Crippen LogP contribution is -2.39. The predicted octanol–water partition coefficient (Wildman–Crippen LogP) is 2.99. The maximum atomic E-state index is 13.7. The van der Waals surface area contributed by atoms with Crippen molar-refractivity contribution in [1.29, 1.82) is 0 Å². The lowest BCUT2D eigenvalue weighted by atomic mass is 9.95. The molecule has 4 rings (SSSR count). The quantitative estimate of drug-likeness (QED) is 0.345. The molecule has 0 aliphatic carbocycles. The second-order valence-electron chi connectivity index (χ2n) is 7.86. The molecule has 1 aromatic heterocycles. The SMILES string of the molecule is C=CCOc1ccc(/C=c2/sc3n(c2=O)C(c2ccc(OC)c(OC)c2)C(C(=O)OC)=C(C)N=3)cc1. The van der Waals surface area contributed by atoms with Crippen LogP contribution in [0.5, 0.6) is 17.2 Å². The number of nitrogens with zero attached hydrogens (tertiary/aromatic N) is 2. The first kappa shape index (κ1) is 25.0. The van der Waals surface area contributed by atoms with Crippen LogP contribution in [-0.2, 0) is 9.53 Å². The minimum absolute atomic E-state index is 0.264. The van der Waals surface area contributed by atoms with E-state index in [2.05, 4.69) is 11.6 Å².